The maximum Gasteiger partial charge on any atom is 0.214 e. The molecule has 57 heavy (non-hydrogen) atoms. The van der Waals surface area contributed by atoms with Gasteiger partial charge in [-0.3, -0.25) is 0 Å². The van der Waals surface area contributed by atoms with Crippen molar-refractivity contribution >= 4 is 92.2 Å². The van der Waals surface area contributed by atoms with E-state index < -0.39 is 11.2 Å². The Bertz CT molecular complexity index is 2830. The van der Waals surface area contributed by atoms with Gasteiger partial charge >= 0.3 is 0 Å². The third kappa shape index (κ3) is 8.23. The molecule has 0 aliphatic carbocycles. The topological polar surface area (TPSA) is 146 Å². The average Bonchev–Trinajstić information content (AvgIpc) is 3.74. The monoisotopic (exact) mass is 815 g/mol. The molecule has 0 saturated heterocycles. The zero-order valence-corrected chi connectivity index (χ0v) is 35.3. The van der Waals surface area contributed by atoms with Crippen molar-refractivity contribution < 1.29 is 10.2 Å². The normalized spacial score (nSPS) is 11.9. The van der Waals surface area contributed by atoms with Crippen LogP contribution >= 0.6 is 34.3 Å². The van der Waals surface area contributed by atoms with Crippen molar-refractivity contribution in [3.8, 4) is 0 Å². The zero-order valence-electron chi connectivity index (χ0n) is 32.9. The second kappa shape index (κ2) is 15.5. The molecule has 0 unspecified atom stereocenters. The highest BCUT2D eigenvalue weighted by molar-refractivity contribution is 7.26. The molecule has 8 aromatic rings. The van der Waals surface area contributed by atoms with Crippen LogP contribution in [0.5, 0.6) is 0 Å². The predicted octanol–water partition coefficient (Wildman–Crippen LogP) is 10.6. The van der Waals surface area contributed by atoms with Crippen LogP contribution in [0.3, 0.4) is 0 Å². The fourth-order valence-electron chi connectivity index (χ4n) is 6.68. The van der Waals surface area contributed by atoms with Gasteiger partial charge < -0.3 is 20.8 Å². The summed E-state index contributed by atoms with van der Waals surface area (Å²) < 4.78 is 1.91. The van der Waals surface area contributed by atoms with Crippen molar-refractivity contribution in [2.45, 2.75) is 79.7 Å². The Kier molecular flexibility index (Phi) is 10.9. The molecule has 0 aliphatic heterocycles. The van der Waals surface area contributed by atoms with E-state index in [-0.39, 0.29) is 0 Å². The number of rotatable bonds is 8. The minimum atomic E-state index is -0.858. The van der Waals surface area contributed by atoms with Crippen LogP contribution in [-0.4, -0.2) is 40.1 Å². The molecule has 8 rings (SSSR count). The van der Waals surface area contributed by atoms with E-state index >= 15 is 0 Å². The Balaban J connectivity index is 0.000000174. The van der Waals surface area contributed by atoms with E-state index in [2.05, 4.69) is 45.4 Å². The lowest BCUT2D eigenvalue weighted by molar-refractivity contribution is 0.0780. The SMILES string of the molecule is Cc1nc(C)c2c(n1)sc1c(NCc3ccc(C(C)(C)O)cc3)ncc(Cl)c12.[C-]#[N+]c1cnc(NCc2ccc(C(C)(C)O)cc2)c2sc3nc(C)nc(C)c3c12. The largest absolute Gasteiger partial charge is 0.386 e. The number of aliphatic hydroxyl groups is 2. The quantitative estimate of drug-likeness (QED) is 0.109. The van der Waals surface area contributed by atoms with Crippen molar-refractivity contribution in [2.24, 2.45) is 0 Å². The number of aromatic nitrogens is 6. The number of pyridine rings is 2. The Morgan fingerprint density at radius 1 is 0.632 bits per heavy atom. The first-order valence-electron chi connectivity index (χ1n) is 18.3. The second-order valence-corrected chi connectivity index (χ2v) is 17.4. The summed E-state index contributed by atoms with van der Waals surface area (Å²) in [5, 5.41) is 31.4. The third-order valence-electron chi connectivity index (χ3n) is 9.60. The number of hydrogen-bond acceptors (Lipinski definition) is 12. The van der Waals surface area contributed by atoms with Gasteiger partial charge in [0.25, 0.3) is 0 Å². The van der Waals surface area contributed by atoms with Crippen LogP contribution in [0.25, 0.3) is 45.5 Å². The van der Waals surface area contributed by atoms with E-state index in [4.69, 9.17) is 18.2 Å². The fraction of sp³-hybridized carbons (Fsp3) is 0.279. The van der Waals surface area contributed by atoms with Crippen LogP contribution in [0.1, 0.15) is 73.0 Å². The number of nitrogens with one attached hydrogen (secondary N) is 2. The highest BCUT2D eigenvalue weighted by Crippen LogP contribution is 2.43. The van der Waals surface area contributed by atoms with Gasteiger partial charge in [-0.25, -0.2) is 34.7 Å². The zero-order chi connectivity index (χ0) is 40.8. The molecule has 6 heterocycles. The Morgan fingerprint density at radius 3 is 1.49 bits per heavy atom. The van der Waals surface area contributed by atoms with Crippen molar-refractivity contribution in [3.05, 3.63) is 123 Å². The van der Waals surface area contributed by atoms with Crippen LogP contribution < -0.4 is 10.6 Å². The summed E-state index contributed by atoms with van der Waals surface area (Å²) in [6.45, 7) is 23.6. The average molecular weight is 816 g/mol. The first kappa shape index (κ1) is 39.9. The molecule has 0 amide bonds. The molecule has 0 atom stereocenters. The predicted molar refractivity (Wildman–Crippen MR) is 234 cm³/mol. The fourth-order valence-corrected chi connectivity index (χ4v) is 9.48. The summed E-state index contributed by atoms with van der Waals surface area (Å²) in [7, 11) is 0. The van der Waals surface area contributed by atoms with Crippen molar-refractivity contribution in [2.75, 3.05) is 10.6 Å². The molecule has 4 N–H and O–H groups in total. The lowest BCUT2D eigenvalue weighted by Gasteiger charge is -2.18. The number of nitrogens with zero attached hydrogens (tertiary/aromatic N) is 7. The van der Waals surface area contributed by atoms with Gasteiger partial charge in [0.15, 0.2) is 0 Å². The number of fused-ring (bicyclic) bond motifs is 6. The molecule has 14 heteroatoms. The number of aryl methyl sites for hydroxylation is 4. The summed E-state index contributed by atoms with van der Waals surface area (Å²) in [6.07, 6.45) is 3.29. The lowest BCUT2D eigenvalue weighted by atomic mass is 9.97. The van der Waals surface area contributed by atoms with Crippen LogP contribution in [0.4, 0.5) is 17.3 Å². The molecule has 0 bridgehead atoms. The minimum absolute atomic E-state index is 0.516. The van der Waals surface area contributed by atoms with E-state index in [1.807, 2.05) is 76.2 Å². The van der Waals surface area contributed by atoms with Gasteiger partial charge in [0.1, 0.15) is 32.9 Å². The summed E-state index contributed by atoms with van der Waals surface area (Å²) in [6, 6.07) is 15.8. The molecule has 0 aliphatic rings. The molecule has 0 radical (unpaired) electrons. The number of benzene rings is 2. The van der Waals surface area contributed by atoms with Gasteiger partial charge in [0.05, 0.1) is 37.9 Å². The third-order valence-corrected chi connectivity index (χ3v) is 12.1. The van der Waals surface area contributed by atoms with E-state index in [0.29, 0.717) is 23.8 Å². The molecule has 6 aromatic heterocycles. The standard InChI is InChI=1S/C22H21N5OS.C21H21ClN4OS/c1-12-17-18-16(23-5)11-25-20(19(18)29-21(17)27-13(2)26-12)24-10-14-6-8-15(9-7-14)22(3,4)28;1-11-16-17-15(22)10-24-19(18(17)28-20(16)26-12(2)25-11)23-9-13-5-7-14(8-6-13)21(3,4)27/h6-9,11,28H,10H2,1-4H3,(H,24,25);5-8,10,27H,9H2,1-4H3,(H,23,24). The van der Waals surface area contributed by atoms with Crippen molar-refractivity contribution in [3.63, 3.8) is 0 Å². The smallest absolute Gasteiger partial charge is 0.214 e. The van der Waals surface area contributed by atoms with Gasteiger partial charge in [-0.05, 0) is 77.6 Å². The van der Waals surface area contributed by atoms with E-state index in [1.54, 1.807) is 51.4 Å². The summed E-state index contributed by atoms with van der Waals surface area (Å²) in [4.78, 5) is 32.6. The number of hydrogen-bond donors (Lipinski definition) is 4. The minimum Gasteiger partial charge on any atom is -0.386 e. The Hall–Kier alpha value is -5.36. The molecular weight excluding hydrogens is 774 g/mol. The van der Waals surface area contributed by atoms with Gasteiger partial charge in [0, 0.05) is 52.7 Å². The van der Waals surface area contributed by atoms with Crippen molar-refractivity contribution in [1.82, 2.24) is 29.9 Å². The van der Waals surface area contributed by atoms with Crippen LogP contribution in [0.2, 0.25) is 5.02 Å². The molecule has 0 fully saturated rings. The molecule has 0 spiro atoms. The maximum atomic E-state index is 10.1. The number of halogens is 1. The van der Waals surface area contributed by atoms with E-state index in [1.165, 1.54) is 11.3 Å². The first-order valence-corrected chi connectivity index (χ1v) is 20.3. The molecular formula is C43H42ClN9O2S2. The van der Waals surface area contributed by atoms with Gasteiger partial charge in [0.2, 0.25) is 5.69 Å². The van der Waals surface area contributed by atoms with Crippen LogP contribution in [0, 0.1) is 34.3 Å². The summed E-state index contributed by atoms with van der Waals surface area (Å²) in [5.74, 6) is 2.99. The molecule has 290 valence electrons. The van der Waals surface area contributed by atoms with Crippen LogP contribution in [-0.2, 0) is 24.3 Å². The highest BCUT2D eigenvalue weighted by Gasteiger charge is 2.20. The maximum absolute atomic E-state index is 10.1. The van der Waals surface area contributed by atoms with Gasteiger partial charge in [-0.15, -0.1) is 22.7 Å². The Morgan fingerprint density at radius 2 is 1.05 bits per heavy atom. The molecule has 2 aromatic carbocycles. The summed E-state index contributed by atoms with van der Waals surface area (Å²) >= 11 is 9.59. The second-order valence-electron chi connectivity index (χ2n) is 15.0. The summed E-state index contributed by atoms with van der Waals surface area (Å²) in [5.41, 5.74) is 4.56. The molecule has 11 nitrogen and oxygen atoms in total. The van der Waals surface area contributed by atoms with E-state index in [0.717, 1.165) is 97.5 Å². The highest BCUT2D eigenvalue weighted by atomic mass is 35.5. The Labute approximate surface area is 343 Å². The van der Waals surface area contributed by atoms with E-state index in [9.17, 15) is 10.2 Å². The first-order chi connectivity index (χ1) is 27.0. The molecule has 0 saturated carbocycles. The van der Waals surface area contributed by atoms with Gasteiger partial charge in [-0.2, -0.15) is 0 Å². The van der Waals surface area contributed by atoms with Gasteiger partial charge in [-0.1, -0.05) is 60.1 Å². The lowest BCUT2D eigenvalue weighted by Crippen LogP contribution is -2.15. The number of thiophene rings is 2. The van der Waals surface area contributed by atoms with Crippen molar-refractivity contribution in [1.29, 1.82) is 0 Å². The van der Waals surface area contributed by atoms with Crippen LogP contribution in [0.15, 0.2) is 60.9 Å². The number of anilines is 2.